The smallest absolute Gasteiger partial charge is 0.338 e. The molecular weight excluding hydrogens is 548 g/mol. The molecule has 0 fully saturated rings. The van der Waals surface area contributed by atoms with Gasteiger partial charge in [-0.2, -0.15) is 0 Å². The minimum absolute atomic E-state index is 0.196. The van der Waals surface area contributed by atoms with Gasteiger partial charge in [-0.3, -0.25) is 9.36 Å². The van der Waals surface area contributed by atoms with Gasteiger partial charge in [0, 0.05) is 5.56 Å². The van der Waals surface area contributed by atoms with Crippen molar-refractivity contribution in [2.45, 2.75) is 33.7 Å². The van der Waals surface area contributed by atoms with E-state index >= 15 is 0 Å². The van der Waals surface area contributed by atoms with Gasteiger partial charge in [-0.25, -0.2) is 9.79 Å². The molecule has 1 aromatic heterocycles. The topological polar surface area (TPSA) is 79.1 Å². The van der Waals surface area contributed by atoms with Crippen LogP contribution in [-0.4, -0.2) is 30.4 Å². The van der Waals surface area contributed by atoms with Crippen LogP contribution in [0, 0.1) is 5.92 Å². The molecular formula is C34H34N2O5S. The second kappa shape index (κ2) is 13.0. The Kier molecular flexibility index (Phi) is 9.03. The predicted octanol–water partition coefficient (Wildman–Crippen LogP) is 5.37. The van der Waals surface area contributed by atoms with Crippen LogP contribution in [0.4, 0.5) is 0 Å². The maximum absolute atomic E-state index is 14.0. The highest BCUT2D eigenvalue weighted by Crippen LogP contribution is 2.35. The van der Waals surface area contributed by atoms with E-state index in [1.165, 1.54) is 11.3 Å². The summed E-state index contributed by atoms with van der Waals surface area (Å²) in [4.78, 5) is 33.0. The number of aromatic nitrogens is 1. The number of hydrogen-bond acceptors (Lipinski definition) is 7. The standard InChI is InChI=1S/C34H34N2O5S/c1-5-39-26-18-14-25(15-19-26)31-29(33(38)40-6-2)30(24-10-8-7-9-11-24)35-34-36(31)32(37)28(42-34)20-23-12-16-27(17-13-23)41-21-22(3)4/h7-20,22,31H,5-6,21H2,1-4H3/b28-20-/t31-/m0/s1. The number of rotatable bonds is 10. The predicted molar refractivity (Wildman–Crippen MR) is 165 cm³/mol. The van der Waals surface area contributed by atoms with E-state index < -0.39 is 12.0 Å². The number of hydrogen-bond donors (Lipinski definition) is 0. The Morgan fingerprint density at radius 2 is 1.60 bits per heavy atom. The van der Waals surface area contributed by atoms with Crippen molar-refractivity contribution < 1.29 is 19.0 Å². The van der Waals surface area contributed by atoms with Gasteiger partial charge in [0.25, 0.3) is 5.56 Å². The number of fused-ring (bicyclic) bond motifs is 1. The second-order valence-corrected chi connectivity index (χ2v) is 11.2. The number of nitrogens with zero attached hydrogens (tertiary/aromatic N) is 2. The fraction of sp³-hybridized carbons (Fsp3) is 0.265. The fourth-order valence-electron chi connectivity index (χ4n) is 4.74. The second-order valence-electron chi connectivity index (χ2n) is 10.2. The third-order valence-electron chi connectivity index (χ3n) is 6.64. The molecule has 1 atom stereocenters. The number of thiazole rings is 1. The molecule has 7 nitrogen and oxygen atoms in total. The molecule has 0 bridgehead atoms. The first-order valence-corrected chi connectivity index (χ1v) is 14.9. The average Bonchev–Trinajstić information content (AvgIpc) is 3.31. The van der Waals surface area contributed by atoms with Gasteiger partial charge >= 0.3 is 5.97 Å². The summed E-state index contributed by atoms with van der Waals surface area (Å²) in [5.41, 5.74) is 2.97. The Labute approximate surface area is 249 Å². The van der Waals surface area contributed by atoms with Crippen LogP contribution in [0.25, 0.3) is 11.8 Å². The summed E-state index contributed by atoms with van der Waals surface area (Å²) in [5, 5.41) is 0. The maximum Gasteiger partial charge on any atom is 0.338 e. The minimum Gasteiger partial charge on any atom is -0.494 e. The van der Waals surface area contributed by atoms with Crippen LogP contribution in [0.1, 0.15) is 50.4 Å². The first kappa shape index (κ1) is 29.1. The normalized spacial score (nSPS) is 14.9. The lowest BCUT2D eigenvalue weighted by Crippen LogP contribution is -2.40. The molecule has 1 aliphatic rings. The summed E-state index contributed by atoms with van der Waals surface area (Å²) in [7, 11) is 0. The van der Waals surface area contributed by atoms with Crippen molar-refractivity contribution in [3.05, 3.63) is 121 Å². The molecule has 0 aliphatic carbocycles. The first-order chi connectivity index (χ1) is 20.4. The summed E-state index contributed by atoms with van der Waals surface area (Å²) in [6, 6.07) is 23.9. The Morgan fingerprint density at radius 3 is 2.24 bits per heavy atom. The number of carbonyl (C=O) groups excluding carboxylic acids is 1. The van der Waals surface area contributed by atoms with Gasteiger partial charge in [-0.1, -0.05) is 79.8 Å². The highest BCUT2D eigenvalue weighted by molar-refractivity contribution is 7.07. The zero-order valence-corrected chi connectivity index (χ0v) is 25.0. The minimum atomic E-state index is -0.736. The van der Waals surface area contributed by atoms with Gasteiger partial charge in [0.05, 0.1) is 41.7 Å². The highest BCUT2D eigenvalue weighted by Gasteiger charge is 2.35. The Bertz CT molecular complexity index is 1750. The Morgan fingerprint density at radius 1 is 0.929 bits per heavy atom. The van der Waals surface area contributed by atoms with E-state index in [1.54, 1.807) is 11.5 Å². The van der Waals surface area contributed by atoms with Crippen LogP contribution >= 0.6 is 11.3 Å². The number of benzene rings is 3. The molecule has 3 aromatic carbocycles. The van der Waals surface area contributed by atoms with Crippen molar-refractivity contribution in [1.29, 1.82) is 0 Å². The Hall–Kier alpha value is -4.43. The molecule has 0 N–H and O–H groups in total. The molecule has 0 saturated heterocycles. The van der Waals surface area contributed by atoms with Gasteiger partial charge in [0.15, 0.2) is 4.80 Å². The van der Waals surface area contributed by atoms with Crippen LogP contribution in [0.5, 0.6) is 11.5 Å². The van der Waals surface area contributed by atoms with Gasteiger partial charge < -0.3 is 14.2 Å². The van der Waals surface area contributed by atoms with Gasteiger partial charge in [0.1, 0.15) is 11.5 Å². The summed E-state index contributed by atoms with van der Waals surface area (Å²) in [6.07, 6.45) is 1.85. The van der Waals surface area contributed by atoms with Crippen LogP contribution in [0.2, 0.25) is 0 Å². The molecule has 216 valence electrons. The lowest BCUT2D eigenvalue weighted by Gasteiger charge is -2.26. The third-order valence-corrected chi connectivity index (χ3v) is 7.62. The molecule has 0 spiro atoms. The molecule has 5 rings (SSSR count). The number of ether oxygens (including phenoxy) is 3. The zero-order chi connectivity index (χ0) is 29.6. The monoisotopic (exact) mass is 582 g/mol. The summed E-state index contributed by atoms with van der Waals surface area (Å²) < 4.78 is 19.1. The van der Waals surface area contributed by atoms with Crippen molar-refractivity contribution >= 4 is 29.1 Å². The number of esters is 1. The lowest BCUT2D eigenvalue weighted by molar-refractivity contribution is -0.138. The summed E-state index contributed by atoms with van der Waals surface area (Å²) in [5.74, 6) is 1.41. The van der Waals surface area contributed by atoms with E-state index in [0.717, 1.165) is 22.4 Å². The molecule has 8 heteroatoms. The van der Waals surface area contributed by atoms with Crippen molar-refractivity contribution in [2.75, 3.05) is 19.8 Å². The van der Waals surface area contributed by atoms with E-state index in [0.29, 0.717) is 45.5 Å². The molecule has 1 aliphatic heterocycles. The summed E-state index contributed by atoms with van der Waals surface area (Å²) >= 11 is 1.30. The Balaban J connectivity index is 1.69. The van der Waals surface area contributed by atoms with Crippen LogP contribution < -0.4 is 24.4 Å². The van der Waals surface area contributed by atoms with Crippen molar-refractivity contribution in [3.8, 4) is 11.5 Å². The fourth-order valence-corrected chi connectivity index (χ4v) is 5.74. The third kappa shape index (κ3) is 6.24. The molecule has 0 saturated carbocycles. The van der Waals surface area contributed by atoms with Crippen molar-refractivity contribution in [1.82, 2.24) is 4.57 Å². The van der Waals surface area contributed by atoms with Gasteiger partial charge in [0.2, 0.25) is 0 Å². The van der Waals surface area contributed by atoms with Gasteiger partial charge in [-0.05, 0) is 61.2 Å². The van der Waals surface area contributed by atoms with Gasteiger partial charge in [-0.15, -0.1) is 0 Å². The molecule has 2 heterocycles. The average molecular weight is 583 g/mol. The molecule has 42 heavy (non-hydrogen) atoms. The molecule has 0 amide bonds. The molecule has 4 aromatic rings. The van der Waals surface area contributed by atoms with E-state index in [9.17, 15) is 9.59 Å². The summed E-state index contributed by atoms with van der Waals surface area (Å²) in [6.45, 7) is 9.26. The molecule has 0 unspecified atom stereocenters. The van der Waals surface area contributed by atoms with E-state index in [-0.39, 0.29) is 12.2 Å². The lowest BCUT2D eigenvalue weighted by atomic mass is 9.93. The zero-order valence-electron chi connectivity index (χ0n) is 24.2. The van der Waals surface area contributed by atoms with Crippen LogP contribution in [0.15, 0.2) is 94.2 Å². The van der Waals surface area contributed by atoms with Crippen molar-refractivity contribution in [2.24, 2.45) is 10.9 Å². The first-order valence-electron chi connectivity index (χ1n) is 14.1. The van der Waals surface area contributed by atoms with E-state index in [1.807, 2.05) is 91.9 Å². The SMILES string of the molecule is CCOC(=O)C1=C(c2ccccc2)N=c2s/c(=C\c3ccc(OCC(C)C)cc3)c(=O)n2[C@H]1c1ccc(OCC)cc1. The van der Waals surface area contributed by atoms with Crippen LogP contribution in [-0.2, 0) is 9.53 Å². The molecule has 0 radical (unpaired) electrons. The van der Waals surface area contributed by atoms with Crippen LogP contribution in [0.3, 0.4) is 0 Å². The van der Waals surface area contributed by atoms with E-state index in [4.69, 9.17) is 19.2 Å². The largest absolute Gasteiger partial charge is 0.494 e. The van der Waals surface area contributed by atoms with Crippen molar-refractivity contribution in [3.63, 3.8) is 0 Å². The number of carbonyl (C=O) groups is 1. The van der Waals surface area contributed by atoms with E-state index in [2.05, 4.69) is 13.8 Å². The maximum atomic E-state index is 14.0. The quantitative estimate of drug-likeness (QED) is 0.235. The highest BCUT2D eigenvalue weighted by atomic mass is 32.1.